The van der Waals surface area contributed by atoms with Gasteiger partial charge in [-0.3, -0.25) is 9.69 Å². The molecule has 1 saturated carbocycles. The van der Waals surface area contributed by atoms with Crippen LogP contribution in [0.2, 0.25) is 0 Å². The Morgan fingerprint density at radius 1 is 1.05 bits per heavy atom. The van der Waals surface area contributed by atoms with Gasteiger partial charge in [0.05, 0.1) is 0 Å². The first-order valence-electron chi connectivity index (χ1n) is 8.74. The predicted molar refractivity (Wildman–Crippen MR) is 92.0 cm³/mol. The van der Waals surface area contributed by atoms with Crippen molar-refractivity contribution >= 4 is 5.91 Å². The highest BCUT2D eigenvalue weighted by atomic mass is 16.2. The molecule has 0 aromatic heterocycles. The molecule has 1 aliphatic rings. The van der Waals surface area contributed by atoms with Crippen LogP contribution >= 0.6 is 0 Å². The summed E-state index contributed by atoms with van der Waals surface area (Å²) >= 11 is 0. The third-order valence-corrected chi connectivity index (χ3v) is 4.94. The smallest absolute Gasteiger partial charge is 0.253 e. The van der Waals surface area contributed by atoms with Crippen LogP contribution in [0, 0.1) is 0 Å². The van der Waals surface area contributed by atoms with E-state index in [0.717, 1.165) is 38.0 Å². The summed E-state index contributed by atoms with van der Waals surface area (Å²) in [6.45, 7) is 7.43. The molecule has 0 unspecified atom stereocenters. The van der Waals surface area contributed by atoms with Crippen LogP contribution in [-0.4, -0.2) is 41.9 Å². The fraction of sp³-hybridized carbons (Fsp3) is 0.632. The summed E-state index contributed by atoms with van der Waals surface area (Å²) in [5.41, 5.74) is 2.09. The van der Waals surface area contributed by atoms with Crippen molar-refractivity contribution < 1.29 is 4.79 Å². The summed E-state index contributed by atoms with van der Waals surface area (Å²) in [5.74, 6) is 0.168. The molecule has 3 nitrogen and oxygen atoms in total. The Bertz CT molecular complexity index is 459. The van der Waals surface area contributed by atoms with Crippen molar-refractivity contribution in [1.29, 1.82) is 0 Å². The van der Waals surface area contributed by atoms with Crippen molar-refractivity contribution in [3.05, 3.63) is 35.4 Å². The van der Waals surface area contributed by atoms with Gasteiger partial charge < -0.3 is 4.90 Å². The minimum absolute atomic E-state index is 0.168. The van der Waals surface area contributed by atoms with Crippen LogP contribution in [0.25, 0.3) is 0 Å². The topological polar surface area (TPSA) is 23.6 Å². The lowest BCUT2D eigenvalue weighted by molar-refractivity contribution is 0.0696. The lowest BCUT2D eigenvalue weighted by Gasteiger charge is -2.31. The molecule has 0 saturated heterocycles. The molecule has 3 heteroatoms. The summed E-state index contributed by atoms with van der Waals surface area (Å²) in [4.78, 5) is 16.9. The summed E-state index contributed by atoms with van der Waals surface area (Å²) in [6, 6.07) is 8.60. The van der Waals surface area contributed by atoms with Crippen LogP contribution in [0.5, 0.6) is 0 Å². The maximum absolute atomic E-state index is 12.6. The van der Waals surface area contributed by atoms with Gasteiger partial charge in [0.2, 0.25) is 0 Å². The zero-order chi connectivity index (χ0) is 15.9. The summed E-state index contributed by atoms with van der Waals surface area (Å²) in [7, 11) is 1.96. The van der Waals surface area contributed by atoms with Gasteiger partial charge in [0, 0.05) is 25.2 Å². The van der Waals surface area contributed by atoms with E-state index in [4.69, 9.17) is 0 Å². The van der Waals surface area contributed by atoms with Crippen molar-refractivity contribution in [2.24, 2.45) is 0 Å². The number of carbonyl (C=O) groups is 1. The van der Waals surface area contributed by atoms with E-state index in [1.165, 1.54) is 24.8 Å². The van der Waals surface area contributed by atoms with Crippen molar-refractivity contribution in [1.82, 2.24) is 9.80 Å². The third-order valence-electron chi connectivity index (χ3n) is 4.94. The van der Waals surface area contributed by atoms with Gasteiger partial charge >= 0.3 is 0 Å². The SMILES string of the molecule is CCN(CC)Cc1ccc(C(=O)N(C)C2CCCCC2)cc1. The molecule has 22 heavy (non-hydrogen) atoms. The van der Waals surface area contributed by atoms with E-state index in [-0.39, 0.29) is 5.91 Å². The lowest BCUT2D eigenvalue weighted by atomic mass is 9.94. The highest BCUT2D eigenvalue weighted by Crippen LogP contribution is 2.23. The second kappa shape index (κ2) is 8.33. The first-order chi connectivity index (χ1) is 10.7. The van der Waals surface area contributed by atoms with E-state index in [9.17, 15) is 4.79 Å². The largest absolute Gasteiger partial charge is 0.339 e. The first kappa shape index (κ1) is 17.0. The van der Waals surface area contributed by atoms with Crippen molar-refractivity contribution in [2.75, 3.05) is 20.1 Å². The monoisotopic (exact) mass is 302 g/mol. The molecule has 2 rings (SSSR count). The van der Waals surface area contributed by atoms with Crippen LogP contribution in [-0.2, 0) is 6.54 Å². The fourth-order valence-electron chi connectivity index (χ4n) is 3.30. The van der Waals surface area contributed by atoms with Crippen LogP contribution < -0.4 is 0 Å². The maximum atomic E-state index is 12.6. The van der Waals surface area contributed by atoms with Crippen LogP contribution in [0.1, 0.15) is 61.9 Å². The van der Waals surface area contributed by atoms with E-state index in [0.29, 0.717) is 6.04 Å². The molecule has 0 spiro atoms. The van der Waals surface area contributed by atoms with Gasteiger partial charge in [-0.2, -0.15) is 0 Å². The number of carbonyl (C=O) groups excluding carboxylic acids is 1. The molecule has 0 N–H and O–H groups in total. The van der Waals surface area contributed by atoms with Crippen LogP contribution in [0.15, 0.2) is 24.3 Å². The van der Waals surface area contributed by atoms with Gasteiger partial charge in [-0.05, 0) is 43.6 Å². The highest BCUT2D eigenvalue weighted by Gasteiger charge is 2.22. The highest BCUT2D eigenvalue weighted by molar-refractivity contribution is 5.94. The summed E-state index contributed by atoms with van der Waals surface area (Å²) in [5, 5.41) is 0. The van der Waals surface area contributed by atoms with Crippen LogP contribution in [0.4, 0.5) is 0 Å². The number of amides is 1. The molecule has 1 aromatic rings. The molecule has 1 amide bonds. The van der Waals surface area contributed by atoms with E-state index in [1.807, 2.05) is 24.1 Å². The molecule has 1 aromatic carbocycles. The Kier molecular flexibility index (Phi) is 6.44. The van der Waals surface area contributed by atoms with E-state index < -0.39 is 0 Å². The second-order valence-electron chi connectivity index (χ2n) is 6.37. The molecule has 0 bridgehead atoms. The molecule has 1 fully saturated rings. The fourth-order valence-corrected chi connectivity index (χ4v) is 3.30. The average molecular weight is 302 g/mol. The minimum atomic E-state index is 0.168. The van der Waals surface area contributed by atoms with E-state index >= 15 is 0 Å². The van der Waals surface area contributed by atoms with Gasteiger partial charge in [-0.25, -0.2) is 0 Å². The molecule has 1 aliphatic carbocycles. The first-order valence-corrected chi connectivity index (χ1v) is 8.74. The zero-order valence-corrected chi connectivity index (χ0v) is 14.3. The average Bonchev–Trinajstić information content (AvgIpc) is 2.59. The summed E-state index contributed by atoms with van der Waals surface area (Å²) in [6.07, 6.45) is 6.14. The Morgan fingerprint density at radius 3 is 2.18 bits per heavy atom. The van der Waals surface area contributed by atoms with E-state index in [2.05, 4.69) is 30.9 Å². The molecule has 0 atom stereocenters. The van der Waals surface area contributed by atoms with Gasteiger partial charge in [0.25, 0.3) is 5.91 Å². The molecule has 0 heterocycles. The predicted octanol–water partition coefficient (Wildman–Crippen LogP) is 3.93. The Balaban J connectivity index is 1.98. The normalized spacial score (nSPS) is 16.0. The van der Waals surface area contributed by atoms with Crippen molar-refractivity contribution in [3.63, 3.8) is 0 Å². The number of nitrogens with zero attached hydrogens (tertiary/aromatic N) is 2. The van der Waals surface area contributed by atoms with Crippen molar-refractivity contribution in [3.8, 4) is 0 Å². The van der Waals surface area contributed by atoms with Gasteiger partial charge in [0.1, 0.15) is 0 Å². The number of hydrogen-bond acceptors (Lipinski definition) is 2. The van der Waals surface area contributed by atoms with Gasteiger partial charge in [-0.1, -0.05) is 45.2 Å². The Hall–Kier alpha value is -1.35. The van der Waals surface area contributed by atoms with Gasteiger partial charge in [0.15, 0.2) is 0 Å². The Morgan fingerprint density at radius 2 is 1.64 bits per heavy atom. The van der Waals surface area contributed by atoms with E-state index in [1.54, 1.807) is 0 Å². The maximum Gasteiger partial charge on any atom is 0.253 e. The van der Waals surface area contributed by atoms with Crippen molar-refractivity contribution in [2.45, 2.75) is 58.5 Å². The molecule has 0 radical (unpaired) electrons. The van der Waals surface area contributed by atoms with Gasteiger partial charge in [-0.15, -0.1) is 0 Å². The van der Waals surface area contributed by atoms with Crippen LogP contribution in [0.3, 0.4) is 0 Å². The molecule has 122 valence electrons. The Labute approximate surface area is 135 Å². The third kappa shape index (κ3) is 4.33. The minimum Gasteiger partial charge on any atom is -0.339 e. The molecular formula is C19H30N2O. The number of hydrogen-bond donors (Lipinski definition) is 0. The zero-order valence-electron chi connectivity index (χ0n) is 14.3. The quantitative estimate of drug-likeness (QED) is 0.795. The lowest BCUT2D eigenvalue weighted by Crippen LogP contribution is -2.38. The molecular weight excluding hydrogens is 272 g/mol. The summed E-state index contributed by atoms with van der Waals surface area (Å²) < 4.78 is 0. The number of benzene rings is 1. The second-order valence-corrected chi connectivity index (χ2v) is 6.37. The standard InChI is InChI=1S/C19H30N2O/c1-4-21(5-2)15-16-11-13-17(14-12-16)19(22)20(3)18-9-7-6-8-10-18/h11-14,18H,4-10,15H2,1-3H3. The molecule has 0 aliphatic heterocycles. The number of rotatable bonds is 6.